The highest BCUT2D eigenvalue weighted by Crippen LogP contribution is 2.18. The minimum absolute atomic E-state index is 0.0156. The number of nitrogens with one attached hydrogen (secondary N) is 2. The Hall–Kier alpha value is -3.19. The summed E-state index contributed by atoms with van der Waals surface area (Å²) >= 11 is 0. The highest BCUT2D eigenvalue weighted by molar-refractivity contribution is 5.93. The number of carbonyl (C=O) groups excluding carboxylic acids is 3. The molecule has 0 heterocycles. The maximum Gasteiger partial charge on any atom is 0.274 e. The van der Waals surface area contributed by atoms with E-state index in [1.54, 1.807) is 34.6 Å². The Kier molecular flexibility index (Phi) is 9.22. The molecule has 34 heavy (non-hydrogen) atoms. The molecule has 0 atom stereocenters. The van der Waals surface area contributed by atoms with Crippen molar-refractivity contribution in [3.05, 3.63) is 70.8 Å². The first-order valence-electron chi connectivity index (χ1n) is 12.0. The van der Waals surface area contributed by atoms with Crippen LogP contribution in [0.1, 0.15) is 78.9 Å². The lowest BCUT2D eigenvalue weighted by Crippen LogP contribution is -2.44. The summed E-state index contributed by atoms with van der Waals surface area (Å²) in [4.78, 5) is 39.2. The van der Waals surface area contributed by atoms with E-state index in [9.17, 15) is 14.4 Å². The van der Waals surface area contributed by atoms with Gasteiger partial charge in [0.15, 0.2) is 0 Å². The maximum atomic E-state index is 13.2. The van der Waals surface area contributed by atoms with E-state index >= 15 is 0 Å². The van der Waals surface area contributed by atoms with Gasteiger partial charge in [-0.2, -0.15) is 0 Å². The topological polar surface area (TPSA) is 98.7 Å². The summed E-state index contributed by atoms with van der Waals surface area (Å²) in [6, 6.07) is 14.8. The first kappa shape index (κ1) is 25.4. The van der Waals surface area contributed by atoms with Gasteiger partial charge in [-0.05, 0) is 47.6 Å². The second-order valence-corrected chi connectivity index (χ2v) is 9.36. The zero-order valence-electron chi connectivity index (χ0n) is 20.0. The molecule has 3 amide bonds. The van der Waals surface area contributed by atoms with Crippen LogP contribution in [0.4, 0.5) is 0 Å². The van der Waals surface area contributed by atoms with E-state index in [2.05, 4.69) is 19.2 Å². The van der Waals surface area contributed by atoms with Gasteiger partial charge in [-0.25, -0.2) is 5.48 Å². The third-order valence-corrected chi connectivity index (χ3v) is 6.35. The fraction of sp³-hybridized carbons (Fsp3) is 0.444. The Morgan fingerprint density at radius 3 is 2.15 bits per heavy atom. The highest BCUT2D eigenvalue weighted by atomic mass is 16.5. The number of nitrogens with zero attached hydrogens (tertiary/aromatic N) is 1. The molecule has 7 heteroatoms. The van der Waals surface area contributed by atoms with E-state index in [1.165, 1.54) is 12.0 Å². The van der Waals surface area contributed by atoms with Crippen molar-refractivity contribution in [1.82, 2.24) is 15.7 Å². The molecule has 1 fully saturated rings. The molecule has 1 saturated carbocycles. The number of hydrogen-bond acceptors (Lipinski definition) is 4. The standard InChI is InChI=1S/C27H35N3O4/c1-19(2)22-12-8-20(9-13-22)16-26(32)30(18-25(31)28-24-6-4-3-5-7-24)17-21-10-14-23(15-11-21)27(33)29-34/h8-15,19,24,34H,3-7,16-18H2,1-2H3,(H,28,31)(H,29,33). The van der Waals surface area contributed by atoms with Crippen LogP contribution in [0.2, 0.25) is 0 Å². The third kappa shape index (κ3) is 7.42. The zero-order chi connectivity index (χ0) is 24.5. The van der Waals surface area contributed by atoms with E-state index in [1.807, 2.05) is 24.3 Å². The number of benzene rings is 2. The van der Waals surface area contributed by atoms with Crippen LogP contribution in [0.3, 0.4) is 0 Å². The van der Waals surface area contributed by atoms with Crippen molar-refractivity contribution in [2.24, 2.45) is 0 Å². The number of carbonyl (C=O) groups is 3. The summed E-state index contributed by atoms with van der Waals surface area (Å²) in [7, 11) is 0. The molecule has 7 nitrogen and oxygen atoms in total. The molecule has 0 unspecified atom stereocenters. The summed E-state index contributed by atoms with van der Waals surface area (Å²) in [5, 5.41) is 11.9. The van der Waals surface area contributed by atoms with Crippen molar-refractivity contribution in [3.63, 3.8) is 0 Å². The normalized spacial score (nSPS) is 14.0. The van der Waals surface area contributed by atoms with Crippen molar-refractivity contribution in [3.8, 4) is 0 Å². The van der Waals surface area contributed by atoms with E-state index in [0.29, 0.717) is 11.5 Å². The zero-order valence-corrected chi connectivity index (χ0v) is 20.0. The SMILES string of the molecule is CC(C)c1ccc(CC(=O)N(CC(=O)NC2CCCCC2)Cc2ccc(C(=O)NO)cc2)cc1. The first-order valence-corrected chi connectivity index (χ1v) is 12.0. The Morgan fingerprint density at radius 1 is 0.941 bits per heavy atom. The fourth-order valence-electron chi connectivity index (χ4n) is 4.28. The van der Waals surface area contributed by atoms with Gasteiger partial charge < -0.3 is 10.2 Å². The van der Waals surface area contributed by atoms with Crippen LogP contribution in [0.25, 0.3) is 0 Å². The van der Waals surface area contributed by atoms with Crippen molar-refractivity contribution in [2.75, 3.05) is 6.54 Å². The monoisotopic (exact) mass is 465 g/mol. The molecule has 0 saturated heterocycles. The Morgan fingerprint density at radius 2 is 1.56 bits per heavy atom. The molecular formula is C27H35N3O4. The second-order valence-electron chi connectivity index (χ2n) is 9.36. The Labute approximate surface area is 201 Å². The predicted molar refractivity (Wildman–Crippen MR) is 130 cm³/mol. The largest absolute Gasteiger partial charge is 0.352 e. The average Bonchev–Trinajstić information content (AvgIpc) is 2.84. The second kappa shape index (κ2) is 12.3. The number of amides is 3. The summed E-state index contributed by atoms with van der Waals surface area (Å²) in [6.45, 7) is 4.49. The molecule has 3 rings (SSSR count). The van der Waals surface area contributed by atoms with Gasteiger partial charge in [0.2, 0.25) is 11.8 Å². The van der Waals surface area contributed by atoms with Crippen molar-refractivity contribution in [2.45, 2.75) is 70.9 Å². The highest BCUT2D eigenvalue weighted by Gasteiger charge is 2.21. The van der Waals surface area contributed by atoms with E-state index in [-0.39, 0.29) is 37.4 Å². The summed E-state index contributed by atoms with van der Waals surface area (Å²) in [5.41, 5.74) is 4.83. The van der Waals surface area contributed by atoms with Crippen LogP contribution in [-0.2, 0) is 22.6 Å². The van der Waals surface area contributed by atoms with Crippen LogP contribution in [0.15, 0.2) is 48.5 Å². The van der Waals surface area contributed by atoms with Gasteiger partial charge in [0.1, 0.15) is 0 Å². The molecule has 2 aromatic rings. The molecule has 1 aliphatic carbocycles. The van der Waals surface area contributed by atoms with Crippen molar-refractivity contribution < 1.29 is 19.6 Å². The predicted octanol–water partition coefficient (Wildman–Crippen LogP) is 3.95. The van der Waals surface area contributed by atoms with Crippen LogP contribution in [0.5, 0.6) is 0 Å². The number of hydroxylamine groups is 1. The number of rotatable bonds is 9. The van der Waals surface area contributed by atoms with Crippen LogP contribution >= 0.6 is 0 Å². The van der Waals surface area contributed by atoms with Gasteiger partial charge in [0.25, 0.3) is 5.91 Å². The lowest BCUT2D eigenvalue weighted by atomic mass is 9.95. The lowest BCUT2D eigenvalue weighted by molar-refractivity contribution is -0.136. The van der Waals surface area contributed by atoms with Crippen LogP contribution in [-0.4, -0.2) is 40.4 Å². The maximum absolute atomic E-state index is 13.2. The average molecular weight is 466 g/mol. The third-order valence-electron chi connectivity index (χ3n) is 6.35. The molecule has 0 aromatic heterocycles. The van der Waals surface area contributed by atoms with E-state index in [4.69, 9.17) is 5.21 Å². The Bertz CT molecular complexity index is 964. The van der Waals surface area contributed by atoms with Gasteiger partial charge in [-0.1, -0.05) is 69.5 Å². The molecule has 3 N–H and O–H groups in total. The first-order chi connectivity index (χ1) is 16.4. The van der Waals surface area contributed by atoms with Crippen LogP contribution < -0.4 is 10.8 Å². The molecule has 0 aliphatic heterocycles. The summed E-state index contributed by atoms with van der Waals surface area (Å²) < 4.78 is 0. The minimum Gasteiger partial charge on any atom is -0.352 e. The van der Waals surface area contributed by atoms with Gasteiger partial charge in [-0.15, -0.1) is 0 Å². The summed E-state index contributed by atoms with van der Waals surface area (Å²) in [6.07, 6.45) is 5.62. The van der Waals surface area contributed by atoms with Gasteiger partial charge >= 0.3 is 0 Å². The van der Waals surface area contributed by atoms with Gasteiger partial charge in [0.05, 0.1) is 13.0 Å². The molecule has 0 radical (unpaired) electrons. The smallest absolute Gasteiger partial charge is 0.274 e. The van der Waals surface area contributed by atoms with Crippen molar-refractivity contribution >= 4 is 17.7 Å². The van der Waals surface area contributed by atoms with Crippen LogP contribution in [0, 0.1) is 0 Å². The Balaban J connectivity index is 1.70. The number of hydrogen-bond donors (Lipinski definition) is 3. The lowest BCUT2D eigenvalue weighted by Gasteiger charge is -2.26. The van der Waals surface area contributed by atoms with Gasteiger partial charge in [-0.3, -0.25) is 19.6 Å². The quantitative estimate of drug-likeness (QED) is 0.386. The molecular weight excluding hydrogens is 430 g/mol. The molecule has 2 aromatic carbocycles. The van der Waals surface area contributed by atoms with E-state index < -0.39 is 5.91 Å². The fourth-order valence-corrected chi connectivity index (χ4v) is 4.28. The summed E-state index contributed by atoms with van der Waals surface area (Å²) in [5.74, 6) is -0.461. The minimum atomic E-state index is -0.601. The molecule has 0 spiro atoms. The van der Waals surface area contributed by atoms with Crippen molar-refractivity contribution in [1.29, 1.82) is 0 Å². The van der Waals surface area contributed by atoms with E-state index in [0.717, 1.165) is 36.8 Å². The molecule has 0 bridgehead atoms. The molecule has 182 valence electrons. The van der Waals surface area contributed by atoms with Gasteiger partial charge in [0, 0.05) is 18.2 Å². The molecule has 1 aliphatic rings.